The normalized spacial score (nSPS) is 12.4. The number of nitrogens with two attached hydrogens (primary N) is 1. The van der Waals surface area contributed by atoms with Crippen LogP contribution in [0.5, 0.6) is 0 Å². The standard InChI is InChI=1S/C14H13BrF2N2/c15-11-4-1-10(13(17)8-11)7-14(19-18)9-2-5-12(16)6-3-9/h1-6,8,14,19H,7,18H2. The molecule has 2 nitrogen and oxygen atoms in total. The minimum atomic E-state index is -0.311. The van der Waals surface area contributed by atoms with Gasteiger partial charge in [-0.05, 0) is 41.8 Å². The average molecular weight is 327 g/mol. The molecule has 0 aliphatic carbocycles. The van der Waals surface area contributed by atoms with Gasteiger partial charge >= 0.3 is 0 Å². The number of nitrogens with one attached hydrogen (secondary N) is 1. The summed E-state index contributed by atoms with van der Waals surface area (Å²) in [6.45, 7) is 0. The SMILES string of the molecule is NNC(Cc1ccc(Br)cc1F)c1ccc(F)cc1. The lowest BCUT2D eigenvalue weighted by Gasteiger charge is -2.17. The lowest BCUT2D eigenvalue weighted by Crippen LogP contribution is -2.29. The lowest BCUT2D eigenvalue weighted by atomic mass is 9.99. The van der Waals surface area contributed by atoms with Crippen LogP contribution in [0.2, 0.25) is 0 Å². The third-order valence-electron chi connectivity index (χ3n) is 2.91. The summed E-state index contributed by atoms with van der Waals surface area (Å²) in [4.78, 5) is 0. The number of hydrogen-bond acceptors (Lipinski definition) is 2. The summed E-state index contributed by atoms with van der Waals surface area (Å²) >= 11 is 3.21. The number of rotatable bonds is 4. The van der Waals surface area contributed by atoms with Crippen molar-refractivity contribution in [2.45, 2.75) is 12.5 Å². The van der Waals surface area contributed by atoms with E-state index in [0.717, 1.165) is 5.56 Å². The van der Waals surface area contributed by atoms with Crippen molar-refractivity contribution in [3.05, 3.63) is 69.7 Å². The molecular weight excluding hydrogens is 314 g/mol. The highest BCUT2D eigenvalue weighted by atomic mass is 79.9. The third kappa shape index (κ3) is 3.59. The molecule has 0 bridgehead atoms. The van der Waals surface area contributed by atoms with Crippen LogP contribution in [0, 0.1) is 11.6 Å². The Bertz CT molecular complexity index is 558. The fraction of sp³-hybridized carbons (Fsp3) is 0.143. The van der Waals surface area contributed by atoms with E-state index in [1.165, 1.54) is 18.2 Å². The molecule has 19 heavy (non-hydrogen) atoms. The van der Waals surface area contributed by atoms with Gasteiger partial charge in [0.1, 0.15) is 11.6 Å². The molecule has 0 spiro atoms. The van der Waals surface area contributed by atoms with Crippen LogP contribution < -0.4 is 11.3 Å². The summed E-state index contributed by atoms with van der Waals surface area (Å²) in [7, 11) is 0. The van der Waals surface area contributed by atoms with Crippen molar-refractivity contribution in [2.75, 3.05) is 0 Å². The summed E-state index contributed by atoms with van der Waals surface area (Å²) in [5.74, 6) is 4.89. The van der Waals surface area contributed by atoms with E-state index in [0.29, 0.717) is 16.5 Å². The van der Waals surface area contributed by atoms with Crippen LogP contribution in [0.3, 0.4) is 0 Å². The van der Waals surface area contributed by atoms with Crippen LogP contribution in [0.1, 0.15) is 17.2 Å². The molecule has 0 saturated carbocycles. The summed E-state index contributed by atoms with van der Waals surface area (Å²) in [5, 5.41) is 0. The van der Waals surface area contributed by atoms with Crippen molar-refractivity contribution in [3.63, 3.8) is 0 Å². The molecular formula is C14H13BrF2N2. The predicted octanol–water partition coefficient (Wildman–Crippen LogP) is 3.47. The van der Waals surface area contributed by atoms with Crippen LogP contribution in [-0.2, 0) is 6.42 Å². The molecule has 5 heteroatoms. The van der Waals surface area contributed by atoms with Crippen molar-refractivity contribution in [1.82, 2.24) is 5.43 Å². The van der Waals surface area contributed by atoms with E-state index in [1.54, 1.807) is 24.3 Å². The first-order chi connectivity index (χ1) is 9.10. The van der Waals surface area contributed by atoms with Gasteiger partial charge in [-0.15, -0.1) is 0 Å². The van der Waals surface area contributed by atoms with Crippen LogP contribution in [0.25, 0.3) is 0 Å². The summed E-state index contributed by atoms with van der Waals surface area (Å²) in [6.07, 6.45) is 0.390. The van der Waals surface area contributed by atoms with Crippen molar-refractivity contribution < 1.29 is 8.78 Å². The van der Waals surface area contributed by atoms with Gasteiger partial charge in [0, 0.05) is 4.47 Å². The van der Waals surface area contributed by atoms with Gasteiger partial charge in [-0.25, -0.2) is 8.78 Å². The van der Waals surface area contributed by atoms with Crippen molar-refractivity contribution in [1.29, 1.82) is 0 Å². The van der Waals surface area contributed by atoms with Crippen molar-refractivity contribution in [2.24, 2.45) is 5.84 Å². The minimum Gasteiger partial charge on any atom is -0.271 e. The van der Waals surface area contributed by atoms with Gasteiger partial charge in [0.25, 0.3) is 0 Å². The van der Waals surface area contributed by atoms with Crippen molar-refractivity contribution in [3.8, 4) is 0 Å². The Morgan fingerprint density at radius 2 is 1.79 bits per heavy atom. The number of benzene rings is 2. The maximum atomic E-state index is 13.8. The van der Waals surface area contributed by atoms with Gasteiger partial charge in [-0.3, -0.25) is 11.3 Å². The molecule has 0 fully saturated rings. The van der Waals surface area contributed by atoms with E-state index in [2.05, 4.69) is 21.4 Å². The number of halogens is 3. The molecule has 100 valence electrons. The van der Waals surface area contributed by atoms with Crippen LogP contribution in [0.15, 0.2) is 46.9 Å². The molecule has 0 aliphatic rings. The minimum absolute atomic E-state index is 0.267. The Labute approximate surface area is 118 Å². The topological polar surface area (TPSA) is 38.0 Å². The van der Waals surface area contributed by atoms with Crippen LogP contribution in [-0.4, -0.2) is 0 Å². The first-order valence-electron chi connectivity index (χ1n) is 5.75. The van der Waals surface area contributed by atoms with Crippen molar-refractivity contribution >= 4 is 15.9 Å². The third-order valence-corrected chi connectivity index (χ3v) is 3.41. The lowest BCUT2D eigenvalue weighted by molar-refractivity contribution is 0.527. The predicted molar refractivity (Wildman–Crippen MR) is 74.3 cm³/mol. The van der Waals surface area contributed by atoms with Crippen LogP contribution in [0.4, 0.5) is 8.78 Å². The first-order valence-corrected chi connectivity index (χ1v) is 6.55. The highest BCUT2D eigenvalue weighted by Gasteiger charge is 2.13. The van der Waals surface area contributed by atoms with Gasteiger partial charge in [-0.1, -0.05) is 34.1 Å². The van der Waals surface area contributed by atoms with Crippen LogP contribution >= 0.6 is 15.9 Å². The number of hydrazine groups is 1. The molecule has 1 atom stereocenters. The molecule has 2 aromatic carbocycles. The molecule has 0 heterocycles. The Kier molecular flexibility index (Phi) is 4.63. The van der Waals surface area contributed by atoms with E-state index in [1.807, 2.05) is 0 Å². The van der Waals surface area contributed by atoms with Gasteiger partial charge in [0.15, 0.2) is 0 Å². The van der Waals surface area contributed by atoms with Gasteiger partial charge < -0.3 is 0 Å². The summed E-state index contributed by atoms with van der Waals surface area (Å²) in [5.41, 5.74) is 3.99. The fourth-order valence-electron chi connectivity index (χ4n) is 1.88. The zero-order valence-corrected chi connectivity index (χ0v) is 11.6. The van der Waals surface area contributed by atoms with Gasteiger partial charge in [0.2, 0.25) is 0 Å². The first kappa shape index (κ1) is 14.1. The molecule has 0 saturated heterocycles. The second-order valence-corrected chi connectivity index (χ2v) is 5.13. The molecule has 2 rings (SSSR count). The van der Waals surface area contributed by atoms with E-state index in [9.17, 15) is 8.78 Å². The molecule has 0 radical (unpaired) electrons. The molecule has 1 unspecified atom stereocenters. The Balaban J connectivity index is 2.21. The zero-order valence-electron chi connectivity index (χ0n) is 10.0. The van der Waals surface area contributed by atoms with E-state index in [-0.39, 0.29) is 17.7 Å². The Morgan fingerprint density at radius 1 is 1.11 bits per heavy atom. The Morgan fingerprint density at radius 3 is 2.37 bits per heavy atom. The second kappa shape index (κ2) is 6.23. The molecule has 2 aromatic rings. The van der Waals surface area contributed by atoms with E-state index >= 15 is 0 Å². The smallest absolute Gasteiger partial charge is 0.127 e. The molecule has 0 aromatic heterocycles. The largest absolute Gasteiger partial charge is 0.271 e. The average Bonchev–Trinajstić information content (AvgIpc) is 2.39. The number of hydrogen-bond donors (Lipinski definition) is 2. The molecule has 3 N–H and O–H groups in total. The zero-order chi connectivity index (χ0) is 13.8. The Hall–Kier alpha value is -1.30. The molecule has 0 amide bonds. The quantitative estimate of drug-likeness (QED) is 0.667. The summed E-state index contributed by atoms with van der Waals surface area (Å²) < 4.78 is 27.3. The summed E-state index contributed by atoms with van der Waals surface area (Å²) in [6, 6.07) is 10.6. The highest BCUT2D eigenvalue weighted by molar-refractivity contribution is 9.10. The monoisotopic (exact) mass is 326 g/mol. The second-order valence-electron chi connectivity index (χ2n) is 4.21. The maximum absolute atomic E-state index is 13.8. The maximum Gasteiger partial charge on any atom is 0.127 e. The fourth-order valence-corrected chi connectivity index (χ4v) is 2.21. The van der Waals surface area contributed by atoms with Gasteiger partial charge in [-0.2, -0.15) is 0 Å². The van der Waals surface area contributed by atoms with Gasteiger partial charge in [0.05, 0.1) is 6.04 Å². The highest BCUT2D eigenvalue weighted by Crippen LogP contribution is 2.22. The van der Waals surface area contributed by atoms with E-state index in [4.69, 9.17) is 5.84 Å². The van der Waals surface area contributed by atoms with E-state index < -0.39 is 0 Å². The molecule has 0 aliphatic heterocycles.